The van der Waals surface area contributed by atoms with Gasteiger partial charge >= 0.3 is 0 Å². The van der Waals surface area contributed by atoms with Gasteiger partial charge in [0.1, 0.15) is 0 Å². The third-order valence-corrected chi connectivity index (χ3v) is 2.19. The van der Waals surface area contributed by atoms with Crippen LogP contribution in [0.1, 0.15) is 21.7 Å². The lowest BCUT2D eigenvalue weighted by Gasteiger charge is -2.06. The molecular weight excluding hydrogens is 256 g/mol. The molecule has 1 aromatic rings. The summed E-state index contributed by atoms with van der Waals surface area (Å²) >= 11 is 3.18. The van der Waals surface area contributed by atoms with Crippen molar-refractivity contribution in [2.45, 2.75) is 13.8 Å². The van der Waals surface area contributed by atoms with Gasteiger partial charge in [-0.2, -0.15) is 0 Å². The highest BCUT2D eigenvalue weighted by Crippen LogP contribution is 2.06. The van der Waals surface area contributed by atoms with Crippen molar-refractivity contribution < 1.29 is 4.79 Å². The summed E-state index contributed by atoms with van der Waals surface area (Å²) in [5, 5.41) is 2.73. The molecule has 0 fully saturated rings. The van der Waals surface area contributed by atoms with E-state index in [4.69, 9.17) is 0 Å². The smallest absolute Gasteiger partial charge is 0.253 e. The van der Waals surface area contributed by atoms with Crippen LogP contribution in [0, 0.1) is 13.8 Å². The summed E-state index contributed by atoms with van der Waals surface area (Å²) < 4.78 is 0.744. The van der Waals surface area contributed by atoms with E-state index in [0.29, 0.717) is 12.1 Å². The van der Waals surface area contributed by atoms with Gasteiger partial charge in [-0.1, -0.05) is 22.5 Å². The summed E-state index contributed by atoms with van der Waals surface area (Å²) in [4.78, 5) is 15.9. The van der Waals surface area contributed by atoms with Gasteiger partial charge in [-0.25, -0.2) is 0 Å². The van der Waals surface area contributed by atoms with Gasteiger partial charge in [0.05, 0.1) is 11.3 Å². The second-order valence-electron chi connectivity index (χ2n) is 3.29. The molecule has 1 rings (SSSR count). The molecule has 1 heterocycles. The zero-order chi connectivity index (χ0) is 11.4. The van der Waals surface area contributed by atoms with Crippen molar-refractivity contribution in [1.29, 1.82) is 0 Å². The fourth-order valence-electron chi connectivity index (χ4n) is 1.20. The number of amides is 1. The normalized spacial score (nSPS) is 9.80. The monoisotopic (exact) mass is 268 g/mol. The van der Waals surface area contributed by atoms with Gasteiger partial charge in [-0.3, -0.25) is 9.78 Å². The standard InChI is InChI=1S/C11H13BrN2O/c1-7(12)6-13-11(15)10-5-4-8(2)14-9(10)3/h4-5H,1,6H2,2-3H3,(H,13,15). The minimum absolute atomic E-state index is 0.124. The number of carbonyl (C=O) groups is 1. The SMILES string of the molecule is C=C(Br)CNC(=O)c1ccc(C)nc1C. The Bertz CT molecular complexity index is 402. The first-order valence-electron chi connectivity index (χ1n) is 4.56. The van der Waals surface area contributed by atoms with E-state index in [1.165, 1.54) is 0 Å². The Balaban J connectivity index is 2.78. The van der Waals surface area contributed by atoms with Crippen molar-refractivity contribution in [2.75, 3.05) is 6.54 Å². The van der Waals surface area contributed by atoms with E-state index in [0.717, 1.165) is 15.9 Å². The third kappa shape index (κ3) is 3.47. The molecule has 0 aromatic carbocycles. The van der Waals surface area contributed by atoms with E-state index in [9.17, 15) is 4.79 Å². The van der Waals surface area contributed by atoms with E-state index in [1.54, 1.807) is 6.07 Å². The number of carbonyl (C=O) groups excluding carboxylic acids is 1. The molecule has 0 saturated heterocycles. The van der Waals surface area contributed by atoms with E-state index in [2.05, 4.69) is 32.8 Å². The van der Waals surface area contributed by atoms with Gasteiger partial charge < -0.3 is 5.32 Å². The maximum Gasteiger partial charge on any atom is 0.253 e. The Morgan fingerprint density at radius 2 is 2.20 bits per heavy atom. The molecule has 1 N–H and O–H groups in total. The topological polar surface area (TPSA) is 42.0 Å². The second kappa shape index (κ2) is 5.07. The van der Waals surface area contributed by atoms with Crippen molar-refractivity contribution in [1.82, 2.24) is 10.3 Å². The number of hydrogen-bond acceptors (Lipinski definition) is 2. The Hall–Kier alpha value is -1.16. The van der Waals surface area contributed by atoms with Crippen LogP contribution < -0.4 is 5.32 Å². The molecule has 0 bridgehead atoms. The van der Waals surface area contributed by atoms with Gasteiger partial charge in [0, 0.05) is 16.7 Å². The zero-order valence-electron chi connectivity index (χ0n) is 8.80. The first-order chi connectivity index (χ1) is 7.00. The van der Waals surface area contributed by atoms with Crippen LogP contribution in [-0.2, 0) is 0 Å². The third-order valence-electron chi connectivity index (χ3n) is 1.91. The maximum atomic E-state index is 11.7. The first-order valence-corrected chi connectivity index (χ1v) is 5.35. The highest BCUT2D eigenvalue weighted by Gasteiger charge is 2.08. The van der Waals surface area contributed by atoms with Gasteiger partial charge in [-0.15, -0.1) is 0 Å². The quantitative estimate of drug-likeness (QED) is 0.915. The molecule has 0 aliphatic rings. The number of halogens is 1. The van der Waals surface area contributed by atoms with Gasteiger partial charge in [0.2, 0.25) is 0 Å². The Morgan fingerprint density at radius 1 is 1.53 bits per heavy atom. The van der Waals surface area contributed by atoms with Crippen LogP contribution in [0.3, 0.4) is 0 Å². The summed E-state index contributed by atoms with van der Waals surface area (Å²) in [5.74, 6) is -0.124. The maximum absolute atomic E-state index is 11.7. The van der Waals surface area contributed by atoms with Crippen molar-refractivity contribution in [3.8, 4) is 0 Å². The lowest BCUT2D eigenvalue weighted by atomic mass is 10.2. The fraction of sp³-hybridized carbons (Fsp3) is 0.273. The van der Waals surface area contributed by atoms with Crippen LogP contribution in [0.5, 0.6) is 0 Å². The number of hydrogen-bond donors (Lipinski definition) is 1. The molecule has 80 valence electrons. The van der Waals surface area contributed by atoms with E-state index in [-0.39, 0.29) is 5.91 Å². The fourth-order valence-corrected chi connectivity index (χ4v) is 1.34. The van der Waals surface area contributed by atoms with Crippen molar-refractivity contribution in [3.63, 3.8) is 0 Å². The Labute approximate surface area is 97.7 Å². The summed E-state index contributed by atoms with van der Waals surface area (Å²) in [6.45, 7) is 7.79. The van der Waals surface area contributed by atoms with Crippen LogP contribution >= 0.6 is 15.9 Å². The molecule has 4 heteroatoms. The number of pyridine rings is 1. The highest BCUT2D eigenvalue weighted by molar-refractivity contribution is 9.11. The average molecular weight is 269 g/mol. The summed E-state index contributed by atoms with van der Waals surface area (Å²) in [7, 11) is 0. The molecule has 15 heavy (non-hydrogen) atoms. The lowest BCUT2D eigenvalue weighted by molar-refractivity contribution is 0.0956. The molecule has 0 atom stereocenters. The van der Waals surface area contributed by atoms with Crippen LogP contribution in [0.25, 0.3) is 0 Å². The molecule has 0 aliphatic carbocycles. The number of aromatic nitrogens is 1. The number of aryl methyl sites for hydroxylation is 2. The molecule has 0 saturated carbocycles. The average Bonchev–Trinajstić information content (AvgIpc) is 2.14. The van der Waals surface area contributed by atoms with E-state index in [1.807, 2.05) is 19.9 Å². The minimum atomic E-state index is -0.124. The van der Waals surface area contributed by atoms with E-state index < -0.39 is 0 Å². The first kappa shape index (κ1) is 11.9. The molecule has 3 nitrogen and oxygen atoms in total. The van der Waals surface area contributed by atoms with Crippen LogP contribution in [-0.4, -0.2) is 17.4 Å². The molecular formula is C11H13BrN2O. The lowest BCUT2D eigenvalue weighted by Crippen LogP contribution is -2.25. The predicted molar refractivity (Wildman–Crippen MR) is 64.1 cm³/mol. The van der Waals surface area contributed by atoms with E-state index >= 15 is 0 Å². The van der Waals surface area contributed by atoms with Crippen molar-refractivity contribution in [3.05, 3.63) is 40.1 Å². The van der Waals surface area contributed by atoms with Gasteiger partial charge in [0.15, 0.2) is 0 Å². The highest BCUT2D eigenvalue weighted by atomic mass is 79.9. The van der Waals surface area contributed by atoms with Gasteiger partial charge in [0.25, 0.3) is 5.91 Å². The number of nitrogens with one attached hydrogen (secondary N) is 1. The molecule has 1 aromatic heterocycles. The largest absolute Gasteiger partial charge is 0.347 e. The van der Waals surface area contributed by atoms with Crippen molar-refractivity contribution >= 4 is 21.8 Å². The predicted octanol–water partition coefficient (Wildman–Crippen LogP) is 2.34. The number of nitrogens with zero attached hydrogens (tertiary/aromatic N) is 1. The molecule has 0 unspecified atom stereocenters. The Morgan fingerprint density at radius 3 is 2.73 bits per heavy atom. The summed E-state index contributed by atoms with van der Waals surface area (Å²) in [5.41, 5.74) is 2.26. The molecule has 0 spiro atoms. The summed E-state index contributed by atoms with van der Waals surface area (Å²) in [6, 6.07) is 3.61. The second-order valence-corrected chi connectivity index (χ2v) is 4.41. The van der Waals surface area contributed by atoms with Crippen LogP contribution in [0.2, 0.25) is 0 Å². The molecule has 1 amide bonds. The van der Waals surface area contributed by atoms with Crippen LogP contribution in [0.15, 0.2) is 23.2 Å². The van der Waals surface area contributed by atoms with Crippen LogP contribution in [0.4, 0.5) is 0 Å². The van der Waals surface area contributed by atoms with Crippen molar-refractivity contribution in [2.24, 2.45) is 0 Å². The molecule has 0 aliphatic heterocycles. The number of rotatable bonds is 3. The molecule has 0 radical (unpaired) electrons. The summed E-state index contributed by atoms with van der Waals surface area (Å²) in [6.07, 6.45) is 0. The zero-order valence-corrected chi connectivity index (χ0v) is 10.4. The Kier molecular flexibility index (Phi) is 4.03. The van der Waals surface area contributed by atoms with Gasteiger partial charge in [-0.05, 0) is 26.0 Å². The minimum Gasteiger partial charge on any atom is -0.347 e.